The van der Waals surface area contributed by atoms with E-state index in [1.165, 1.54) is 6.92 Å². The normalized spacial score (nSPS) is 48.2. The van der Waals surface area contributed by atoms with Crippen LogP contribution in [-0.2, 0) is 4.74 Å². The molecule has 0 unspecified atom stereocenters. The molecule has 1 aliphatic rings. The summed E-state index contributed by atoms with van der Waals surface area (Å²) in [6.07, 6.45) is -1.40. The molecule has 3 N–H and O–H groups in total. The van der Waals surface area contributed by atoms with Crippen molar-refractivity contribution in [1.29, 1.82) is 0 Å². The minimum absolute atomic E-state index is 0.256. The van der Waals surface area contributed by atoms with Crippen molar-refractivity contribution < 1.29 is 20.1 Å². The van der Waals surface area contributed by atoms with Crippen molar-refractivity contribution >= 4 is 0 Å². The van der Waals surface area contributed by atoms with Gasteiger partial charge in [0.2, 0.25) is 0 Å². The molecular formula is C8H16O4. The maximum absolute atomic E-state index is 9.74. The van der Waals surface area contributed by atoms with Crippen molar-refractivity contribution in [2.75, 3.05) is 6.61 Å². The van der Waals surface area contributed by atoms with Gasteiger partial charge >= 0.3 is 0 Å². The van der Waals surface area contributed by atoms with Gasteiger partial charge in [-0.15, -0.1) is 0 Å². The molecule has 0 aromatic carbocycles. The van der Waals surface area contributed by atoms with Crippen LogP contribution in [0, 0.1) is 0 Å². The van der Waals surface area contributed by atoms with Crippen LogP contribution in [0.15, 0.2) is 0 Å². The van der Waals surface area contributed by atoms with Gasteiger partial charge in [0.25, 0.3) is 0 Å². The number of rotatable bonds is 2. The molecule has 12 heavy (non-hydrogen) atoms. The molecule has 1 rings (SSSR count). The number of hydrogen-bond donors (Lipinski definition) is 3. The zero-order valence-electron chi connectivity index (χ0n) is 7.40. The van der Waals surface area contributed by atoms with Crippen molar-refractivity contribution in [3.63, 3.8) is 0 Å². The Morgan fingerprint density at radius 3 is 2.33 bits per heavy atom. The Hall–Kier alpha value is -0.160. The highest BCUT2D eigenvalue weighted by atomic mass is 16.6. The van der Waals surface area contributed by atoms with Crippen LogP contribution in [-0.4, -0.2) is 45.8 Å². The van der Waals surface area contributed by atoms with E-state index >= 15 is 0 Å². The Bertz CT molecular complexity index is 153. The third-order valence-corrected chi connectivity index (χ3v) is 2.49. The van der Waals surface area contributed by atoms with E-state index in [9.17, 15) is 10.2 Å². The first kappa shape index (κ1) is 9.92. The average molecular weight is 176 g/mol. The fraction of sp³-hybridized carbons (Fsp3) is 1.00. The average Bonchev–Trinajstić information content (AvgIpc) is 2.25. The largest absolute Gasteiger partial charge is 0.394 e. The molecule has 0 saturated carbocycles. The van der Waals surface area contributed by atoms with E-state index in [4.69, 9.17) is 9.84 Å². The highest BCUT2D eigenvalue weighted by Crippen LogP contribution is 2.32. The van der Waals surface area contributed by atoms with Crippen LogP contribution in [0.5, 0.6) is 0 Å². The molecular weight excluding hydrogens is 160 g/mol. The summed E-state index contributed by atoms with van der Waals surface area (Å²) in [6.45, 7) is 3.14. The van der Waals surface area contributed by atoms with Crippen LogP contribution >= 0.6 is 0 Å². The van der Waals surface area contributed by atoms with Gasteiger partial charge in [-0.25, -0.2) is 0 Å². The Balaban J connectivity index is 2.73. The molecule has 4 atom stereocenters. The van der Waals surface area contributed by atoms with Crippen LogP contribution in [0.2, 0.25) is 0 Å². The second-order valence-electron chi connectivity index (χ2n) is 3.42. The van der Waals surface area contributed by atoms with E-state index in [-0.39, 0.29) is 12.7 Å². The quantitative estimate of drug-likeness (QED) is 0.518. The molecule has 0 aliphatic carbocycles. The van der Waals surface area contributed by atoms with Gasteiger partial charge in [0, 0.05) is 0 Å². The summed E-state index contributed by atoms with van der Waals surface area (Å²) in [7, 11) is 0. The molecule has 1 fully saturated rings. The predicted octanol–water partition coefficient (Wildman–Crippen LogP) is -0.732. The maximum atomic E-state index is 9.74. The summed E-state index contributed by atoms with van der Waals surface area (Å²) >= 11 is 0. The second-order valence-corrected chi connectivity index (χ2v) is 3.42. The van der Waals surface area contributed by atoms with E-state index in [0.717, 1.165) is 0 Å². The van der Waals surface area contributed by atoms with Crippen molar-refractivity contribution in [3.8, 4) is 0 Å². The molecule has 1 heterocycles. The fourth-order valence-corrected chi connectivity index (χ4v) is 1.64. The molecule has 4 heteroatoms. The summed E-state index contributed by atoms with van der Waals surface area (Å²) in [5, 5.41) is 28.0. The van der Waals surface area contributed by atoms with Gasteiger partial charge in [-0.05, 0) is 13.3 Å². The van der Waals surface area contributed by atoms with E-state index in [0.29, 0.717) is 6.42 Å². The summed E-state index contributed by atoms with van der Waals surface area (Å²) in [5.41, 5.74) is -1.23. The van der Waals surface area contributed by atoms with Gasteiger partial charge in [-0.2, -0.15) is 0 Å². The monoisotopic (exact) mass is 176 g/mol. The molecule has 1 saturated heterocycles. The lowest BCUT2D eigenvalue weighted by atomic mass is 9.92. The Morgan fingerprint density at radius 1 is 1.50 bits per heavy atom. The SMILES string of the molecule is CC[C@@H]1O[C@H](CO)[C@@H](O)[C@@]1(C)O. The fourth-order valence-electron chi connectivity index (χ4n) is 1.64. The molecule has 72 valence electrons. The topological polar surface area (TPSA) is 69.9 Å². The highest BCUT2D eigenvalue weighted by Gasteiger charge is 2.50. The lowest BCUT2D eigenvalue weighted by Crippen LogP contribution is -2.45. The molecule has 0 aromatic heterocycles. The minimum Gasteiger partial charge on any atom is -0.394 e. The first-order chi connectivity index (χ1) is 5.54. The summed E-state index contributed by atoms with van der Waals surface area (Å²) in [6, 6.07) is 0. The smallest absolute Gasteiger partial charge is 0.116 e. The van der Waals surface area contributed by atoms with Crippen LogP contribution in [0.1, 0.15) is 20.3 Å². The van der Waals surface area contributed by atoms with Gasteiger partial charge in [0.05, 0.1) is 12.7 Å². The molecule has 0 amide bonds. The van der Waals surface area contributed by atoms with E-state index in [1.807, 2.05) is 6.92 Å². The van der Waals surface area contributed by atoms with Crippen LogP contribution in [0.25, 0.3) is 0 Å². The van der Waals surface area contributed by atoms with E-state index < -0.39 is 17.8 Å². The number of ether oxygens (including phenoxy) is 1. The predicted molar refractivity (Wildman–Crippen MR) is 42.7 cm³/mol. The third-order valence-electron chi connectivity index (χ3n) is 2.49. The van der Waals surface area contributed by atoms with Crippen LogP contribution in [0.4, 0.5) is 0 Å². The first-order valence-corrected chi connectivity index (χ1v) is 4.20. The van der Waals surface area contributed by atoms with Crippen molar-refractivity contribution in [2.24, 2.45) is 0 Å². The number of aliphatic hydroxyl groups excluding tert-OH is 2. The summed E-state index contributed by atoms with van der Waals surface area (Å²) in [5.74, 6) is 0. The van der Waals surface area contributed by atoms with Crippen molar-refractivity contribution in [2.45, 2.75) is 44.2 Å². The van der Waals surface area contributed by atoms with Crippen LogP contribution in [0.3, 0.4) is 0 Å². The maximum Gasteiger partial charge on any atom is 0.116 e. The molecule has 4 nitrogen and oxygen atoms in total. The zero-order chi connectivity index (χ0) is 9.35. The minimum atomic E-state index is -1.23. The standard InChI is InChI=1S/C8H16O4/c1-3-6-8(2,11)7(10)5(4-9)12-6/h5-7,9-11H,3-4H2,1-2H3/t5-,6+,7-,8+/m1/s1. The van der Waals surface area contributed by atoms with Crippen LogP contribution < -0.4 is 0 Å². The number of hydrogen-bond acceptors (Lipinski definition) is 4. The summed E-state index contributed by atoms with van der Waals surface area (Å²) in [4.78, 5) is 0. The van der Waals surface area contributed by atoms with Crippen molar-refractivity contribution in [3.05, 3.63) is 0 Å². The highest BCUT2D eigenvalue weighted by molar-refractivity contribution is 4.99. The van der Waals surface area contributed by atoms with Gasteiger partial charge in [-0.1, -0.05) is 6.92 Å². The van der Waals surface area contributed by atoms with Gasteiger partial charge in [0.15, 0.2) is 0 Å². The second kappa shape index (κ2) is 3.30. The molecule has 0 bridgehead atoms. The lowest BCUT2D eigenvalue weighted by Gasteiger charge is -2.25. The summed E-state index contributed by atoms with van der Waals surface area (Å²) < 4.78 is 5.24. The number of aliphatic hydroxyl groups is 3. The van der Waals surface area contributed by atoms with Gasteiger partial charge < -0.3 is 20.1 Å². The first-order valence-electron chi connectivity index (χ1n) is 4.20. The van der Waals surface area contributed by atoms with E-state index in [1.54, 1.807) is 0 Å². The van der Waals surface area contributed by atoms with Crippen molar-refractivity contribution in [1.82, 2.24) is 0 Å². The van der Waals surface area contributed by atoms with Gasteiger partial charge in [-0.3, -0.25) is 0 Å². The molecule has 0 radical (unpaired) electrons. The van der Waals surface area contributed by atoms with E-state index in [2.05, 4.69) is 0 Å². The molecule has 0 aromatic rings. The third kappa shape index (κ3) is 1.35. The Labute approximate surface area is 71.8 Å². The lowest BCUT2D eigenvalue weighted by molar-refractivity contribution is -0.0638. The Morgan fingerprint density at radius 2 is 2.08 bits per heavy atom. The van der Waals surface area contributed by atoms with Gasteiger partial charge in [0.1, 0.15) is 17.8 Å². The zero-order valence-corrected chi connectivity index (χ0v) is 7.40. The molecule has 0 spiro atoms. The Kier molecular flexibility index (Phi) is 2.73. The molecule has 1 aliphatic heterocycles.